The average Bonchev–Trinajstić information content (AvgIpc) is 2.50. The highest BCUT2D eigenvalue weighted by Crippen LogP contribution is 2.29. The van der Waals surface area contributed by atoms with E-state index < -0.39 is 0 Å². The molecular weight excluding hydrogens is 330 g/mol. The third-order valence-electron chi connectivity index (χ3n) is 4.86. The molecular formula is C20H31N3O3. The van der Waals surface area contributed by atoms with Crippen LogP contribution in [-0.4, -0.2) is 50.6 Å². The molecule has 0 saturated heterocycles. The van der Waals surface area contributed by atoms with Crippen molar-refractivity contribution < 1.29 is 14.3 Å². The highest BCUT2D eigenvalue weighted by Gasteiger charge is 2.25. The van der Waals surface area contributed by atoms with E-state index in [4.69, 9.17) is 4.74 Å². The van der Waals surface area contributed by atoms with Crippen LogP contribution in [0.1, 0.15) is 38.7 Å². The van der Waals surface area contributed by atoms with E-state index in [1.165, 1.54) is 7.11 Å². The first-order valence-electron chi connectivity index (χ1n) is 9.23. The Labute approximate surface area is 156 Å². The standard InChI is InChI=1S/C20H31N3O3/c1-14(2)23(19(24)13-26-5)12-16-11-17(9-10-18(16)22(3)4)21-20(25)15-7-6-8-15/h9-11,14-15H,6-8,12-13H2,1-5H3,(H,21,25). The Balaban J connectivity index is 2.23. The summed E-state index contributed by atoms with van der Waals surface area (Å²) in [5, 5.41) is 3.02. The number of carbonyl (C=O) groups excluding carboxylic acids is 2. The molecule has 0 aromatic heterocycles. The summed E-state index contributed by atoms with van der Waals surface area (Å²) >= 11 is 0. The predicted molar refractivity (Wildman–Crippen MR) is 104 cm³/mol. The molecule has 1 aliphatic rings. The average molecular weight is 361 g/mol. The number of ether oxygens (including phenoxy) is 1. The number of anilines is 2. The Kier molecular flexibility index (Phi) is 7.03. The highest BCUT2D eigenvalue weighted by atomic mass is 16.5. The third-order valence-corrected chi connectivity index (χ3v) is 4.86. The first-order valence-corrected chi connectivity index (χ1v) is 9.23. The van der Waals surface area contributed by atoms with Gasteiger partial charge in [0, 0.05) is 51.1 Å². The van der Waals surface area contributed by atoms with E-state index in [0.29, 0.717) is 6.54 Å². The molecule has 0 atom stereocenters. The van der Waals surface area contributed by atoms with Gasteiger partial charge in [0.05, 0.1) is 0 Å². The van der Waals surface area contributed by atoms with Crippen LogP contribution in [-0.2, 0) is 20.9 Å². The Morgan fingerprint density at radius 3 is 2.46 bits per heavy atom. The molecule has 0 spiro atoms. The van der Waals surface area contributed by atoms with E-state index in [1.807, 2.05) is 51.0 Å². The van der Waals surface area contributed by atoms with Gasteiger partial charge in [-0.15, -0.1) is 0 Å². The second kappa shape index (κ2) is 9.03. The van der Waals surface area contributed by atoms with Crippen molar-refractivity contribution in [3.05, 3.63) is 23.8 Å². The highest BCUT2D eigenvalue weighted by molar-refractivity contribution is 5.93. The molecule has 1 saturated carbocycles. The van der Waals surface area contributed by atoms with Gasteiger partial charge in [-0.3, -0.25) is 9.59 Å². The van der Waals surface area contributed by atoms with E-state index in [1.54, 1.807) is 4.90 Å². The second-order valence-electron chi connectivity index (χ2n) is 7.40. The van der Waals surface area contributed by atoms with Gasteiger partial charge in [0.25, 0.3) is 0 Å². The normalized spacial score (nSPS) is 14.1. The van der Waals surface area contributed by atoms with E-state index in [-0.39, 0.29) is 30.4 Å². The number of carbonyl (C=O) groups is 2. The van der Waals surface area contributed by atoms with Crippen LogP contribution in [0.3, 0.4) is 0 Å². The number of amides is 2. The minimum atomic E-state index is -0.0453. The van der Waals surface area contributed by atoms with Crippen molar-refractivity contribution >= 4 is 23.2 Å². The Hall–Kier alpha value is -2.08. The van der Waals surface area contributed by atoms with Gasteiger partial charge in [-0.1, -0.05) is 6.42 Å². The van der Waals surface area contributed by atoms with Gasteiger partial charge in [0.15, 0.2) is 0 Å². The lowest BCUT2D eigenvalue weighted by Crippen LogP contribution is -2.39. The lowest BCUT2D eigenvalue weighted by molar-refractivity contribution is -0.137. The molecule has 26 heavy (non-hydrogen) atoms. The van der Waals surface area contributed by atoms with Crippen molar-refractivity contribution in [2.24, 2.45) is 5.92 Å². The predicted octanol–water partition coefficient (Wildman–Crippen LogP) is 2.87. The molecule has 2 rings (SSSR count). The number of hydrogen-bond donors (Lipinski definition) is 1. The van der Waals surface area contributed by atoms with Crippen molar-refractivity contribution in [2.75, 3.05) is 38.0 Å². The fourth-order valence-corrected chi connectivity index (χ4v) is 3.09. The molecule has 0 bridgehead atoms. The summed E-state index contributed by atoms with van der Waals surface area (Å²) in [7, 11) is 5.47. The first kappa shape index (κ1) is 20.2. The van der Waals surface area contributed by atoms with Gasteiger partial charge in [0.1, 0.15) is 6.61 Å². The summed E-state index contributed by atoms with van der Waals surface area (Å²) in [4.78, 5) is 28.4. The first-order chi connectivity index (χ1) is 12.3. The number of methoxy groups -OCH3 is 1. The van der Waals surface area contributed by atoms with Crippen LogP contribution in [0.15, 0.2) is 18.2 Å². The van der Waals surface area contributed by atoms with Gasteiger partial charge in [-0.2, -0.15) is 0 Å². The summed E-state index contributed by atoms with van der Waals surface area (Å²) in [6, 6.07) is 5.94. The maximum Gasteiger partial charge on any atom is 0.249 e. The van der Waals surface area contributed by atoms with Crippen LogP contribution < -0.4 is 10.2 Å². The molecule has 2 amide bonds. The fourth-order valence-electron chi connectivity index (χ4n) is 3.09. The third kappa shape index (κ3) is 4.97. The van der Waals surface area contributed by atoms with E-state index in [0.717, 1.165) is 36.2 Å². The molecule has 6 nitrogen and oxygen atoms in total. The summed E-state index contributed by atoms with van der Waals surface area (Å²) in [5.41, 5.74) is 2.81. The minimum absolute atomic E-state index is 0.0453. The zero-order chi connectivity index (χ0) is 19.3. The van der Waals surface area contributed by atoms with Crippen LogP contribution in [0, 0.1) is 5.92 Å². The SMILES string of the molecule is COCC(=O)N(Cc1cc(NC(=O)C2CCC2)ccc1N(C)C)C(C)C. The molecule has 1 fully saturated rings. The second-order valence-corrected chi connectivity index (χ2v) is 7.40. The smallest absolute Gasteiger partial charge is 0.249 e. The molecule has 0 heterocycles. The molecule has 1 aliphatic carbocycles. The molecule has 6 heteroatoms. The Morgan fingerprint density at radius 2 is 1.96 bits per heavy atom. The number of hydrogen-bond acceptors (Lipinski definition) is 4. The van der Waals surface area contributed by atoms with E-state index >= 15 is 0 Å². The lowest BCUT2D eigenvalue weighted by Gasteiger charge is -2.29. The monoisotopic (exact) mass is 361 g/mol. The Morgan fingerprint density at radius 1 is 1.27 bits per heavy atom. The fraction of sp³-hybridized carbons (Fsp3) is 0.600. The molecule has 0 radical (unpaired) electrons. The zero-order valence-corrected chi connectivity index (χ0v) is 16.5. The Bertz CT molecular complexity index is 639. The van der Waals surface area contributed by atoms with Crippen molar-refractivity contribution in [1.29, 1.82) is 0 Å². The maximum atomic E-state index is 12.4. The van der Waals surface area contributed by atoms with Crippen molar-refractivity contribution in [3.8, 4) is 0 Å². The van der Waals surface area contributed by atoms with Crippen LogP contribution >= 0.6 is 0 Å². The van der Waals surface area contributed by atoms with Crippen LogP contribution in [0.25, 0.3) is 0 Å². The van der Waals surface area contributed by atoms with Crippen LogP contribution in [0.5, 0.6) is 0 Å². The minimum Gasteiger partial charge on any atom is -0.377 e. The van der Waals surface area contributed by atoms with Gasteiger partial charge >= 0.3 is 0 Å². The molecule has 1 aromatic carbocycles. The molecule has 1 N–H and O–H groups in total. The largest absolute Gasteiger partial charge is 0.377 e. The number of rotatable bonds is 8. The summed E-state index contributed by atoms with van der Waals surface area (Å²) in [6.45, 7) is 4.52. The van der Waals surface area contributed by atoms with Gasteiger partial charge in [0.2, 0.25) is 11.8 Å². The van der Waals surface area contributed by atoms with E-state index in [2.05, 4.69) is 5.32 Å². The molecule has 1 aromatic rings. The molecule has 0 aliphatic heterocycles. The summed E-state index contributed by atoms with van der Waals surface area (Å²) in [6.07, 6.45) is 3.08. The summed E-state index contributed by atoms with van der Waals surface area (Å²) < 4.78 is 5.01. The van der Waals surface area contributed by atoms with Crippen molar-refractivity contribution in [2.45, 2.75) is 45.7 Å². The lowest BCUT2D eigenvalue weighted by atomic mass is 9.85. The van der Waals surface area contributed by atoms with Crippen LogP contribution in [0.2, 0.25) is 0 Å². The van der Waals surface area contributed by atoms with Crippen LogP contribution in [0.4, 0.5) is 11.4 Å². The quantitative estimate of drug-likeness (QED) is 0.773. The molecule has 0 unspecified atom stereocenters. The molecule has 144 valence electrons. The zero-order valence-electron chi connectivity index (χ0n) is 16.5. The van der Waals surface area contributed by atoms with Gasteiger partial charge in [-0.05, 0) is 50.5 Å². The number of benzene rings is 1. The summed E-state index contributed by atoms with van der Waals surface area (Å²) in [5.74, 6) is 0.189. The number of nitrogens with zero attached hydrogens (tertiary/aromatic N) is 2. The number of nitrogens with one attached hydrogen (secondary N) is 1. The van der Waals surface area contributed by atoms with Gasteiger partial charge < -0.3 is 19.9 Å². The maximum absolute atomic E-state index is 12.4. The van der Waals surface area contributed by atoms with Crippen molar-refractivity contribution in [1.82, 2.24) is 4.90 Å². The topological polar surface area (TPSA) is 61.9 Å². The van der Waals surface area contributed by atoms with E-state index in [9.17, 15) is 9.59 Å². The van der Waals surface area contributed by atoms with Crippen molar-refractivity contribution in [3.63, 3.8) is 0 Å². The van der Waals surface area contributed by atoms with Gasteiger partial charge in [-0.25, -0.2) is 0 Å².